The van der Waals surface area contributed by atoms with E-state index in [1.54, 1.807) is 19.1 Å². The van der Waals surface area contributed by atoms with E-state index in [1.165, 1.54) is 10.4 Å². The summed E-state index contributed by atoms with van der Waals surface area (Å²) in [7, 11) is -3.40. The minimum atomic E-state index is -3.40. The van der Waals surface area contributed by atoms with Crippen LogP contribution in [0.15, 0.2) is 18.2 Å². The van der Waals surface area contributed by atoms with Gasteiger partial charge in [-0.15, -0.1) is 0 Å². The number of fused-ring (bicyclic) bond motifs is 1. The van der Waals surface area contributed by atoms with Crippen LogP contribution in [0.25, 0.3) is 0 Å². The molecular formula is C16H20N4O5S. The van der Waals surface area contributed by atoms with E-state index >= 15 is 0 Å². The van der Waals surface area contributed by atoms with Crippen LogP contribution in [0.1, 0.15) is 35.7 Å². The first-order chi connectivity index (χ1) is 12.2. The summed E-state index contributed by atoms with van der Waals surface area (Å²) in [5.74, 6) is -2.33. The molecule has 10 heteroatoms. The van der Waals surface area contributed by atoms with Crippen LogP contribution in [-0.2, 0) is 26.0 Å². The van der Waals surface area contributed by atoms with Crippen LogP contribution in [0.2, 0.25) is 0 Å². The van der Waals surface area contributed by atoms with Crippen molar-refractivity contribution in [1.29, 1.82) is 0 Å². The van der Waals surface area contributed by atoms with E-state index in [9.17, 15) is 22.8 Å². The van der Waals surface area contributed by atoms with Gasteiger partial charge in [-0.25, -0.2) is 8.42 Å². The molecule has 0 aromatic heterocycles. The van der Waals surface area contributed by atoms with E-state index in [1.807, 2.05) is 0 Å². The Kier molecular flexibility index (Phi) is 4.61. The third-order valence-corrected chi connectivity index (χ3v) is 5.53. The molecule has 1 heterocycles. The van der Waals surface area contributed by atoms with Gasteiger partial charge in [0, 0.05) is 17.6 Å². The molecule has 3 rings (SSSR count). The van der Waals surface area contributed by atoms with E-state index < -0.39 is 27.7 Å². The molecule has 9 nitrogen and oxygen atoms in total. The molecule has 1 atom stereocenters. The number of nitrogens with one attached hydrogen (secondary N) is 3. The summed E-state index contributed by atoms with van der Waals surface area (Å²) in [6, 6.07) is 4.43. The van der Waals surface area contributed by atoms with Crippen LogP contribution in [-0.4, -0.2) is 44.5 Å². The van der Waals surface area contributed by atoms with Crippen LogP contribution in [0.3, 0.4) is 0 Å². The first kappa shape index (κ1) is 18.2. The minimum Gasteiger partial charge on any atom is -0.345 e. The highest BCUT2D eigenvalue weighted by Crippen LogP contribution is 2.34. The van der Waals surface area contributed by atoms with Crippen molar-refractivity contribution in [3.05, 3.63) is 29.3 Å². The van der Waals surface area contributed by atoms with Crippen molar-refractivity contribution in [1.82, 2.24) is 16.2 Å². The van der Waals surface area contributed by atoms with Gasteiger partial charge in [0.25, 0.3) is 5.91 Å². The van der Waals surface area contributed by atoms with Crippen LogP contribution in [0, 0.1) is 0 Å². The van der Waals surface area contributed by atoms with E-state index in [0.717, 1.165) is 24.7 Å². The molecule has 1 saturated carbocycles. The highest BCUT2D eigenvalue weighted by Gasteiger charge is 2.33. The maximum absolute atomic E-state index is 12.2. The van der Waals surface area contributed by atoms with Gasteiger partial charge in [0.15, 0.2) is 0 Å². The number of nitrogens with zero attached hydrogens (tertiary/aromatic N) is 1. The number of hydrogen-bond acceptors (Lipinski definition) is 5. The fraction of sp³-hybridized carbons (Fsp3) is 0.438. The topological polar surface area (TPSA) is 125 Å². The molecule has 3 amide bonds. The van der Waals surface area contributed by atoms with Gasteiger partial charge in [0.05, 0.1) is 11.9 Å². The van der Waals surface area contributed by atoms with Crippen LogP contribution in [0.5, 0.6) is 0 Å². The van der Waals surface area contributed by atoms with Crippen molar-refractivity contribution in [2.24, 2.45) is 0 Å². The van der Waals surface area contributed by atoms with Crippen molar-refractivity contribution < 1.29 is 22.8 Å². The lowest BCUT2D eigenvalue weighted by molar-refractivity contribution is -0.139. The first-order valence-corrected chi connectivity index (χ1v) is 10.0. The Balaban J connectivity index is 1.65. The average molecular weight is 380 g/mol. The Morgan fingerprint density at radius 1 is 1.12 bits per heavy atom. The molecule has 140 valence electrons. The summed E-state index contributed by atoms with van der Waals surface area (Å²) < 4.78 is 25.1. The predicted octanol–water partition coefficient (Wildman–Crippen LogP) is -0.563. The summed E-state index contributed by atoms with van der Waals surface area (Å²) in [5.41, 5.74) is 5.79. The Labute approximate surface area is 151 Å². The molecule has 1 aromatic carbocycles. The maximum Gasteiger partial charge on any atom is 0.327 e. The molecular weight excluding hydrogens is 360 g/mol. The zero-order valence-electron chi connectivity index (χ0n) is 14.4. The lowest BCUT2D eigenvalue weighted by atomic mass is 10.1. The molecule has 0 spiro atoms. The highest BCUT2D eigenvalue weighted by molar-refractivity contribution is 7.92. The molecule has 3 N–H and O–H groups in total. The van der Waals surface area contributed by atoms with Crippen LogP contribution in [0.4, 0.5) is 5.69 Å². The van der Waals surface area contributed by atoms with Crippen molar-refractivity contribution in [2.75, 3.05) is 10.6 Å². The fourth-order valence-corrected chi connectivity index (χ4v) is 4.23. The van der Waals surface area contributed by atoms with Crippen molar-refractivity contribution in [2.45, 2.75) is 38.3 Å². The largest absolute Gasteiger partial charge is 0.345 e. The molecule has 0 radical (unpaired) electrons. The van der Waals surface area contributed by atoms with Gasteiger partial charge in [0.2, 0.25) is 10.0 Å². The van der Waals surface area contributed by atoms with Crippen molar-refractivity contribution in [3.63, 3.8) is 0 Å². The second-order valence-electron chi connectivity index (χ2n) is 6.61. The molecule has 0 unspecified atom stereocenters. The number of carbonyl (C=O) groups is 3. The zero-order valence-corrected chi connectivity index (χ0v) is 15.2. The monoisotopic (exact) mass is 380 g/mol. The SMILES string of the molecule is C[C@@H]1Cc2cc(C(=O)NNC(=O)C(=O)NC3CC3)ccc2N1S(C)(=O)=O. The van der Waals surface area contributed by atoms with Gasteiger partial charge >= 0.3 is 11.8 Å². The number of carbonyl (C=O) groups excluding carboxylic acids is 3. The van der Waals surface area contributed by atoms with E-state index in [-0.39, 0.29) is 17.6 Å². The number of rotatable bonds is 3. The second-order valence-corrected chi connectivity index (χ2v) is 8.47. The van der Waals surface area contributed by atoms with Gasteiger partial charge in [-0.1, -0.05) is 0 Å². The third-order valence-electron chi connectivity index (χ3n) is 4.26. The molecule has 1 aromatic rings. The summed E-state index contributed by atoms with van der Waals surface area (Å²) in [6.45, 7) is 1.79. The summed E-state index contributed by atoms with van der Waals surface area (Å²) in [4.78, 5) is 35.3. The highest BCUT2D eigenvalue weighted by atomic mass is 32.2. The Morgan fingerprint density at radius 2 is 1.81 bits per heavy atom. The molecule has 1 fully saturated rings. The molecule has 0 bridgehead atoms. The number of sulfonamides is 1. The summed E-state index contributed by atoms with van der Waals surface area (Å²) in [6.07, 6.45) is 3.33. The zero-order chi connectivity index (χ0) is 19.1. The lowest BCUT2D eigenvalue weighted by Gasteiger charge is -2.21. The fourth-order valence-electron chi connectivity index (χ4n) is 2.97. The number of benzene rings is 1. The van der Waals surface area contributed by atoms with Crippen LogP contribution < -0.4 is 20.5 Å². The van der Waals surface area contributed by atoms with Gasteiger partial charge < -0.3 is 5.32 Å². The Hall–Kier alpha value is -2.62. The third kappa shape index (κ3) is 3.79. The van der Waals surface area contributed by atoms with Gasteiger partial charge in [-0.2, -0.15) is 0 Å². The van der Waals surface area contributed by atoms with Gasteiger partial charge in [-0.3, -0.25) is 29.5 Å². The normalized spacial score (nSPS) is 18.8. The van der Waals surface area contributed by atoms with E-state index in [0.29, 0.717) is 12.1 Å². The van der Waals surface area contributed by atoms with Crippen LogP contribution >= 0.6 is 0 Å². The van der Waals surface area contributed by atoms with E-state index in [2.05, 4.69) is 16.2 Å². The van der Waals surface area contributed by atoms with Crippen molar-refractivity contribution in [3.8, 4) is 0 Å². The lowest BCUT2D eigenvalue weighted by Crippen LogP contribution is -2.49. The Morgan fingerprint density at radius 3 is 2.42 bits per heavy atom. The predicted molar refractivity (Wildman–Crippen MR) is 93.7 cm³/mol. The molecule has 2 aliphatic rings. The minimum absolute atomic E-state index is 0.0421. The molecule has 26 heavy (non-hydrogen) atoms. The van der Waals surface area contributed by atoms with Crippen molar-refractivity contribution >= 4 is 33.4 Å². The smallest absolute Gasteiger partial charge is 0.327 e. The Bertz CT molecular complexity index is 879. The maximum atomic E-state index is 12.2. The number of hydrogen-bond donors (Lipinski definition) is 3. The molecule has 1 aliphatic heterocycles. The molecule has 1 aliphatic carbocycles. The standard InChI is InChI=1S/C16H20N4O5S/c1-9-7-11-8-10(3-6-13(11)20(9)26(2,24)25)14(21)18-19-16(23)15(22)17-12-4-5-12/h3,6,8-9,12H,4-5,7H2,1-2H3,(H,17,22)(H,18,21)(H,19,23)/t9-/m1/s1. The molecule has 0 saturated heterocycles. The summed E-state index contributed by atoms with van der Waals surface area (Å²) >= 11 is 0. The second kappa shape index (κ2) is 6.60. The van der Waals surface area contributed by atoms with Gasteiger partial charge in [0.1, 0.15) is 0 Å². The number of hydrazine groups is 1. The van der Waals surface area contributed by atoms with E-state index in [4.69, 9.17) is 0 Å². The average Bonchev–Trinajstić information content (AvgIpc) is 3.29. The summed E-state index contributed by atoms with van der Waals surface area (Å²) in [5, 5.41) is 2.51. The first-order valence-electron chi connectivity index (χ1n) is 8.20. The van der Waals surface area contributed by atoms with Gasteiger partial charge in [-0.05, 0) is 49.9 Å². The number of amides is 3. The quantitative estimate of drug-likeness (QED) is 0.479. The number of anilines is 1.